The van der Waals surface area contributed by atoms with E-state index >= 15 is 4.39 Å². The second kappa shape index (κ2) is 9.42. The first-order valence-corrected chi connectivity index (χ1v) is 12.8. The molecule has 1 aliphatic heterocycles. The standard InChI is InChI=1S/C26H25ClF2N6OS/c1-5-19(36)35-9-8-34(12-13(35)2)24-15-10-16(27)20(21(29)22(15)31-11-18(24)33(3)4)14-6-7-17(28)25-23(14)32-26(30)37-25/h5-7,10-11,13H,1,8-9,12H2,2-4H3,(H2,30,32)/t13-/m1/s1. The van der Waals surface area contributed by atoms with Crippen molar-refractivity contribution in [2.75, 3.05) is 49.3 Å². The maximum absolute atomic E-state index is 16.2. The maximum Gasteiger partial charge on any atom is 0.246 e. The molecule has 0 unspecified atom stereocenters. The number of amides is 1. The first-order chi connectivity index (χ1) is 17.6. The van der Waals surface area contributed by atoms with E-state index in [1.807, 2.05) is 25.9 Å². The highest BCUT2D eigenvalue weighted by molar-refractivity contribution is 7.22. The lowest BCUT2D eigenvalue weighted by molar-refractivity contribution is -0.128. The number of hydrogen-bond donors (Lipinski definition) is 1. The lowest BCUT2D eigenvalue weighted by atomic mass is 9.99. The molecule has 5 rings (SSSR count). The minimum Gasteiger partial charge on any atom is -0.375 e. The predicted molar refractivity (Wildman–Crippen MR) is 148 cm³/mol. The fourth-order valence-electron chi connectivity index (χ4n) is 4.95. The molecule has 0 spiro atoms. The number of carbonyl (C=O) groups excluding carboxylic acids is 1. The van der Waals surface area contributed by atoms with Crippen LogP contribution in [0.2, 0.25) is 5.02 Å². The Labute approximate surface area is 221 Å². The Morgan fingerprint density at radius 3 is 2.73 bits per heavy atom. The largest absolute Gasteiger partial charge is 0.375 e. The van der Waals surface area contributed by atoms with Crippen molar-refractivity contribution >= 4 is 66.5 Å². The van der Waals surface area contributed by atoms with Crippen LogP contribution in [0.3, 0.4) is 0 Å². The summed E-state index contributed by atoms with van der Waals surface area (Å²) in [6, 6.07) is 4.33. The molecule has 11 heteroatoms. The number of nitrogens with two attached hydrogens (primary N) is 1. The number of fused-ring (bicyclic) bond motifs is 2. The summed E-state index contributed by atoms with van der Waals surface area (Å²) in [4.78, 5) is 26.8. The van der Waals surface area contributed by atoms with E-state index in [2.05, 4.69) is 21.4 Å². The second-order valence-corrected chi connectivity index (χ2v) is 10.6. The van der Waals surface area contributed by atoms with Crippen molar-refractivity contribution in [2.45, 2.75) is 13.0 Å². The van der Waals surface area contributed by atoms with Gasteiger partial charge in [0.2, 0.25) is 5.91 Å². The number of nitrogen functional groups attached to an aromatic ring is 1. The van der Waals surface area contributed by atoms with Crippen molar-refractivity contribution in [3.05, 3.63) is 53.7 Å². The van der Waals surface area contributed by atoms with E-state index in [4.69, 9.17) is 17.3 Å². The molecular formula is C26H25ClF2N6OS. The number of carbonyl (C=O) groups is 1. The third-order valence-corrected chi connectivity index (χ3v) is 7.86. The van der Waals surface area contributed by atoms with E-state index < -0.39 is 11.6 Å². The van der Waals surface area contributed by atoms with Crippen LogP contribution in [0.1, 0.15) is 6.92 Å². The summed E-state index contributed by atoms with van der Waals surface area (Å²) in [5.41, 5.74) is 8.23. The monoisotopic (exact) mass is 542 g/mol. The Morgan fingerprint density at radius 1 is 1.30 bits per heavy atom. The quantitative estimate of drug-likeness (QED) is 0.352. The molecule has 37 heavy (non-hydrogen) atoms. The van der Waals surface area contributed by atoms with Crippen molar-refractivity contribution in [3.8, 4) is 11.1 Å². The van der Waals surface area contributed by atoms with Crippen LogP contribution >= 0.6 is 22.9 Å². The van der Waals surface area contributed by atoms with Crippen molar-refractivity contribution in [1.82, 2.24) is 14.9 Å². The minimum absolute atomic E-state index is 0.0836. The molecule has 7 nitrogen and oxygen atoms in total. The average Bonchev–Trinajstić information content (AvgIpc) is 3.26. The summed E-state index contributed by atoms with van der Waals surface area (Å²) in [6.07, 6.45) is 2.95. The zero-order chi connectivity index (χ0) is 26.6. The molecule has 0 bridgehead atoms. The van der Waals surface area contributed by atoms with Gasteiger partial charge in [0.05, 0.1) is 32.8 Å². The summed E-state index contributed by atoms with van der Waals surface area (Å²) in [6.45, 7) is 7.14. The van der Waals surface area contributed by atoms with Gasteiger partial charge in [0.25, 0.3) is 0 Å². The summed E-state index contributed by atoms with van der Waals surface area (Å²) in [5, 5.41) is 0.874. The van der Waals surface area contributed by atoms with Gasteiger partial charge in [-0.25, -0.2) is 13.8 Å². The molecule has 1 amide bonds. The lowest BCUT2D eigenvalue weighted by Crippen LogP contribution is -2.54. The smallest absolute Gasteiger partial charge is 0.246 e. The highest BCUT2D eigenvalue weighted by Crippen LogP contribution is 2.44. The molecule has 2 aromatic heterocycles. The lowest BCUT2D eigenvalue weighted by Gasteiger charge is -2.42. The van der Waals surface area contributed by atoms with Gasteiger partial charge in [-0.15, -0.1) is 0 Å². The van der Waals surface area contributed by atoms with Crippen molar-refractivity contribution < 1.29 is 13.6 Å². The van der Waals surface area contributed by atoms with Gasteiger partial charge in [0.1, 0.15) is 11.3 Å². The molecule has 1 aliphatic rings. The van der Waals surface area contributed by atoms with Gasteiger partial charge in [0.15, 0.2) is 10.9 Å². The van der Waals surface area contributed by atoms with Crippen LogP contribution in [-0.4, -0.2) is 60.5 Å². The Balaban J connectivity index is 1.70. The number of pyridine rings is 1. The summed E-state index contributed by atoms with van der Waals surface area (Å²) < 4.78 is 30.9. The molecule has 1 atom stereocenters. The molecule has 192 valence electrons. The maximum atomic E-state index is 16.2. The van der Waals surface area contributed by atoms with Crippen molar-refractivity contribution in [1.29, 1.82) is 0 Å². The molecule has 0 saturated carbocycles. The second-order valence-electron chi connectivity index (χ2n) is 9.19. The molecule has 3 heterocycles. The highest BCUT2D eigenvalue weighted by Gasteiger charge is 2.30. The van der Waals surface area contributed by atoms with Crippen LogP contribution in [0.15, 0.2) is 37.1 Å². The average molecular weight is 543 g/mol. The van der Waals surface area contributed by atoms with Gasteiger partial charge in [-0.05, 0) is 31.2 Å². The summed E-state index contributed by atoms with van der Waals surface area (Å²) >= 11 is 7.73. The number of nitrogens with zero attached hydrogens (tertiary/aromatic N) is 5. The number of thiazole rings is 1. The van der Waals surface area contributed by atoms with Crippen molar-refractivity contribution in [3.63, 3.8) is 0 Å². The molecule has 0 radical (unpaired) electrons. The third-order valence-electron chi connectivity index (χ3n) is 6.67. The topological polar surface area (TPSA) is 78.6 Å². The predicted octanol–water partition coefficient (Wildman–Crippen LogP) is 5.31. The van der Waals surface area contributed by atoms with Crippen LogP contribution in [0, 0.1) is 11.6 Å². The molecular weight excluding hydrogens is 518 g/mol. The summed E-state index contributed by atoms with van der Waals surface area (Å²) in [7, 11) is 3.78. The van der Waals surface area contributed by atoms with Crippen LogP contribution in [0.5, 0.6) is 0 Å². The number of aromatic nitrogens is 2. The van der Waals surface area contributed by atoms with E-state index in [1.165, 1.54) is 18.2 Å². The first kappa shape index (κ1) is 25.2. The molecule has 2 N–H and O–H groups in total. The van der Waals surface area contributed by atoms with Gasteiger partial charge < -0.3 is 20.4 Å². The van der Waals surface area contributed by atoms with E-state index in [9.17, 15) is 9.18 Å². The van der Waals surface area contributed by atoms with Gasteiger partial charge >= 0.3 is 0 Å². The van der Waals surface area contributed by atoms with Gasteiger partial charge in [-0.1, -0.05) is 29.5 Å². The number of hydrogen-bond acceptors (Lipinski definition) is 7. The fraction of sp³-hybridized carbons (Fsp3) is 0.269. The van der Waals surface area contributed by atoms with Gasteiger partial charge in [-0.2, -0.15) is 0 Å². The molecule has 4 aromatic rings. The van der Waals surface area contributed by atoms with Crippen LogP contribution in [-0.2, 0) is 4.79 Å². The Bertz CT molecular complexity index is 1570. The minimum atomic E-state index is -0.623. The number of rotatable bonds is 4. The summed E-state index contributed by atoms with van der Waals surface area (Å²) in [5.74, 6) is -1.22. The van der Waals surface area contributed by atoms with Crippen molar-refractivity contribution in [2.24, 2.45) is 0 Å². The molecule has 0 aliphatic carbocycles. The van der Waals surface area contributed by atoms with Gasteiger partial charge in [-0.3, -0.25) is 9.78 Å². The zero-order valence-corrected chi connectivity index (χ0v) is 22.1. The van der Waals surface area contributed by atoms with E-state index in [0.717, 1.165) is 22.7 Å². The van der Waals surface area contributed by atoms with E-state index in [0.29, 0.717) is 30.6 Å². The van der Waals surface area contributed by atoms with E-state index in [1.54, 1.807) is 17.2 Å². The normalized spacial score (nSPS) is 16.0. The number of benzene rings is 2. The van der Waals surface area contributed by atoms with E-state index in [-0.39, 0.29) is 43.4 Å². The van der Waals surface area contributed by atoms with Crippen LogP contribution < -0.4 is 15.5 Å². The van der Waals surface area contributed by atoms with Crippen LogP contribution in [0.4, 0.5) is 25.3 Å². The molecule has 2 aromatic carbocycles. The number of piperazine rings is 1. The molecule has 1 fully saturated rings. The highest BCUT2D eigenvalue weighted by atomic mass is 35.5. The first-order valence-electron chi connectivity index (χ1n) is 11.6. The zero-order valence-electron chi connectivity index (χ0n) is 20.6. The molecule has 1 saturated heterocycles. The Hall–Kier alpha value is -3.50. The fourth-order valence-corrected chi connectivity index (χ4v) is 6.00. The SMILES string of the molecule is C=CC(=O)N1CCN(c2c(N(C)C)cnc3c(F)c(-c4ccc(F)c5sc(N)nc45)c(Cl)cc23)C[C@H]1C. The number of halogens is 3. The Kier molecular flexibility index (Phi) is 6.41. The Morgan fingerprint density at radius 2 is 2.05 bits per heavy atom. The van der Waals surface area contributed by atoms with Gasteiger partial charge in [0, 0.05) is 56.3 Å². The van der Waals surface area contributed by atoms with Crippen LogP contribution in [0.25, 0.3) is 32.2 Å². The number of anilines is 3. The third kappa shape index (κ3) is 4.14.